The Morgan fingerprint density at radius 2 is 2.00 bits per heavy atom. The van der Waals surface area contributed by atoms with Crippen LogP contribution < -0.4 is 15.4 Å². The molecule has 2 heterocycles. The fourth-order valence-corrected chi connectivity index (χ4v) is 2.68. The number of nitrogens with one attached hydrogen (secondary N) is 3. The molecular formula is C17H17ClF2N4O. The van der Waals surface area contributed by atoms with E-state index in [0.717, 1.165) is 13.1 Å². The molecule has 0 saturated carbocycles. The highest BCUT2D eigenvalue weighted by atomic mass is 35.5. The van der Waals surface area contributed by atoms with Gasteiger partial charge in [0, 0.05) is 43.5 Å². The van der Waals surface area contributed by atoms with E-state index >= 15 is 0 Å². The van der Waals surface area contributed by atoms with E-state index in [1.165, 1.54) is 12.1 Å². The summed E-state index contributed by atoms with van der Waals surface area (Å²) < 4.78 is 30.2. The van der Waals surface area contributed by atoms with E-state index in [-0.39, 0.29) is 11.7 Å². The first-order valence-corrected chi connectivity index (χ1v) is 8.09. The molecule has 0 unspecified atom stereocenters. The van der Waals surface area contributed by atoms with Gasteiger partial charge in [-0.1, -0.05) is 11.6 Å². The zero-order valence-corrected chi connectivity index (χ0v) is 14.2. The van der Waals surface area contributed by atoms with Crippen molar-refractivity contribution in [2.24, 2.45) is 5.92 Å². The Balaban J connectivity index is 1.81. The predicted octanol–water partition coefficient (Wildman–Crippen LogP) is 4.06. The van der Waals surface area contributed by atoms with Crippen LogP contribution in [0.1, 0.15) is 12.5 Å². The molecule has 0 atom stereocenters. The summed E-state index contributed by atoms with van der Waals surface area (Å²) in [5.74, 6) is 0.620. The highest BCUT2D eigenvalue weighted by Crippen LogP contribution is 2.29. The average Bonchev–Trinajstić information content (AvgIpc) is 2.46. The summed E-state index contributed by atoms with van der Waals surface area (Å²) in [6, 6.07) is 7.71. The average molecular weight is 367 g/mol. The van der Waals surface area contributed by atoms with Gasteiger partial charge in [0.2, 0.25) is 0 Å². The Labute approximate surface area is 148 Å². The summed E-state index contributed by atoms with van der Waals surface area (Å²) in [7, 11) is 0. The van der Waals surface area contributed by atoms with Crippen LogP contribution >= 0.6 is 11.6 Å². The third-order valence-electron chi connectivity index (χ3n) is 3.77. The van der Waals surface area contributed by atoms with Gasteiger partial charge in [-0.25, -0.2) is 4.98 Å². The molecule has 0 radical (unpaired) electrons. The topological polar surface area (TPSA) is 70.0 Å². The van der Waals surface area contributed by atoms with Crippen molar-refractivity contribution in [3.8, 4) is 5.75 Å². The first kappa shape index (κ1) is 17.6. The van der Waals surface area contributed by atoms with Crippen molar-refractivity contribution >= 4 is 28.8 Å². The van der Waals surface area contributed by atoms with Gasteiger partial charge in [-0.2, -0.15) is 8.78 Å². The van der Waals surface area contributed by atoms with Crippen molar-refractivity contribution < 1.29 is 13.5 Å². The molecule has 2 aromatic rings. The molecule has 1 aromatic carbocycles. The van der Waals surface area contributed by atoms with E-state index in [9.17, 15) is 8.78 Å². The lowest BCUT2D eigenvalue weighted by atomic mass is 9.92. The number of halogens is 3. The number of hydrogen-bond acceptors (Lipinski definition) is 5. The van der Waals surface area contributed by atoms with Crippen molar-refractivity contribution in [2.75, 3.05) is 18.4 Å². The number of pyridine rings is 1. The molecule has 3 rings (SSSR count). The fourth-order valence-electron chi connectivity index (χ4n) is 2.44. The van der Waals surface area contributed by atoms with E-state index in [2.05, 4.69) is 20.4 Å². The molecule has 8 heteroatoms. The molecule has 0 amide bonds. The first-order chi connectivity index (χ1) is 11.8. The molecule has 1 aliphatic rings. The van der Waals surface area contributed by atoms with Gasteiger partial charge in [-0.05, 0) is 30.3 Å². The van der Waals surface area contributed by atoms with E-state index in [1.54, 1.807) is 24.4 Å². The van der Waals surface area contributed by atoms with Crippen molar-refractivity contribution in [1.82, 2.24) is 10.3 Å². The standard InChI is InChI=1S/C17H17ClF2N4O/c1-17(19,20)25-12-4-2-11(3-5-12)24-16-14(13(18)6-7-23-16)15(21)10-8-22-9-10/h2-7,10,21-22H,8-9H2,1H3,(H,23,24). The number of ether oxygens (including phenoxy) is 1. The number of nitrogens with zero attached hydrogens (tertiary/aromatic N) is 1. The van der Waals surface area contributed by atoms with Gasteiger partial charge in [0.15, 0.2) is 0 Å². The molecule has 1 fully saturated rings. The summed E-state index contributed by atoms with van der Waals surface area (Å²) >= 11 is 6.27. The van der Waals surface area contributed by atoms with E-state index in [4.69, 9.17) is 17.0 Å². The monoisotopic (exact) mass is 366 g/mol. The van der Waals surface area contributed by atoms with E-state index in [1.807, 2.05) is 0 Å². The molecule has 0 spiro atoms. The molecule has 1 saturated heterocycles. The van der Waals surface area contributed by atoms with Crippen molar-refractivity contribution in [3.63, 3.8) is 0 Å². The van der Waals surface area contributed by atoms with Gasteiger partial charge in [-0.3, -0.25) is 0 Å². The van der Waals surface area contributed by atoms with Crippen LogP contribution in [0.2, 0.25) is 5.02 Å². The van der Waals surface area contributed by atoms with Crippen LogP contribution in [0.4, 0.5) is 20.3 Å². The Morgan fingerprint density at radius 1 is 1.32 bits per heavy atom. The molecule has 25 heavy (non-hydrogen) atoms. The second kappa shape index (κ2) is 6.93. The lowest BCUT2D eigenvalue weighted by Gasteiger charge is -2.28. The largest absolute Gasteiger partial charge is 0.433 e. The highest BCUT2D eigenvalue weighted by molar-refractivity contribution is 6.35. The van der Waals surface area contributed by atoms with Crippen LogP contribution in [0.15, 0.2) is 36.5 Å². The maximum Gasteiger partial charge on any atom is 0.394 e. The van der Waals surface area contributed by atoms with Crippen LogP contribution in [-0.4, -0.2) is 29.9 Å². The number of aromatic nitrogens is 1. The normalized spacial score (nSPS) is 14.7. The number of benzene rings is 1. The molecule has 132 valence electrons. The number of anilines is 2. The Morgan fingerprint density at radius 3 is 2.56 bits per heavy atom. The number of rotatable bonds is 6. The van der Waals surface area contributed by atoms with Crippen molar-refractivity contribution in [1.29, 1.82) is 5.41 Å². The van der Waals surface area contributed by atoms with Gasteiger partial charge in [0.25, 0.3) is 0 Å². The summed E-state index contributed by atoms with van der Waals surface area (Å²) in [5.41, 5.74) is 1.60. The van der Waals surface area contributed by atoms with Gasteiger partial charge < -0.3 is 20.8 Å². The maximum absolute atomic E-state index is 12.9. The van der Waals surface area contributed by atoms with Crippen LogP contribution in [0, 0.1) is 11.3 Å². The minimum absolute atomic E-state index is 0.0608. The van der Waals surface area contributed by atoms with Crippen LogP contribution in [0.25, 0.3) is 0 Å². The van der Waals surface area contributed by atoms with Crippen LogP contribution in [0.3, 0.4) is 0 Å². The zero-order valence-electron chi connectivity index (χ0n) is 13.4. The summed E-state index contributed by atoms with van der Waals surface area (Å²) in [4.78, 5) is 4.27. The third-order valence-corrected chi connectivity index (χ3v) is 4.09. The molecular weight excluding hydrogens is 350 g/mol. The fraction of sp³-hybridized carbons (Fsp3) is 0.294. The lowest BCUT2D eigenvalue weighted by molar-refractivity contribution is -0.158. The Bertz CT molecular complexity index is 773. The van der Waals surface area contributed by atoms with Crippen LogP contribution in [-0.2, 0) is 0 Å². The molecule has 5 nitrogen and oxygen atoms in total. The Kier molecular flexibility index (Phi) is 4.87. The van der Waals surface area contributed by atoms with Crippen LogP contribution in [0.5, 0.6) is 5.75 Å². The summed E-state index contributed by atoms with van der Waals surface area (Å²) in [5, 5.41) is 15.0. The third kappa shape index (κ3) is 4.24. The van der Waals surface area contributed by atoms with Crippen molar-refractivity contribution in [3.05, 3.63) is 47.1 Å². The van der Waals surface area contributed by atoms with Crippen molar-refractivity contribution in [2.45, 2.75) is 13.0 Å². The summed E-state index contributed by atoms with van der Waals surface area (Å²) in [6.07, 6.45) is -1.68. The number of alkyl halides is 2. The van der Waals surface area contributed by atoms with E-state index in [0.29, 0.717) is 34.7 Å². The van der Waals surface area contributed by atoms with Gasteiger partial charge >= 0.3 is 6.11 Å². The molecule has 3 N–H and O–H groups in total. The minimum Gasteiger partial charge on any atom is -0.433 e. The lowest BCUT2D eigenvalue weighted by Crippen LogP contribution is -2.46. The zero-order chi connectivity index (χ0) is 18.0. The molecule has 1 aliphatic heterocycles. The molecule has 1 aromatic heterocycles. The highest BCUT2D eigenvalue weighted by Gasteiger charge is 2.27. The van der Waals surface area contributed by atoms with Gasteiger partial charge in [-0.15, -0.1) is 0 Å². The second-order valence-corrected chi connectivity index (χ2v) is 6.25. The quantitative estimate of drug-likeness (QED) is 0.674. The van der Waals surface area contributed by atoms with Gasteiger partial charge in [0.05, 0.1) is 10.6 Å². The predicted molar refractivity (Wildman–Crippen MR) is 93.4 cm³/mol. The number of hydrogen-bond donors (Lipinski definition) is 3. The summed E-state index contributed by atoms with van der Waals surface area (Å²) in [6.45, 7) is 2.16. The maximum atomic E-state index is 12.9. The van der Waals surface area contributed by atoms with E-state index < -0.39 is 6.11 Å². The first-order valence-electron chi connectivity index (χ1n) is 7.71. The molecule has 0 bridgehead atoms. The smallest absolute Gasteiger partial charge is 0.394 e. The Hall–Kier alpha value is -2.25. The molecule has 0 aliphatic carbocycles. The SMILES string of the molecule is CC(F)(F)Oc1ccc(Nc2nccc(Cl)c2C(=N)C2CNC2)cc1. The van der Waals surface area contributed by atoms with Gasteiger partial charge in [0.1, 0.15) is 11.6 Å². The minimum atomic E-state index is -3.23. The second-order valence-electron chi connectivity index (χ2n) is 5.84.